The Labute approximate surface area is 110 Å². The average Bonchev–Trinajstić information content (AvgIpc) is 2.40. The molecule has 0 saturated heterocycles. The Bertz CT molecular complexity index is 686. The molecule has 0 fully saturated rings. The van der Waals surface area contributed by atoms with Crippen LogP contribution in [0.1, 0.15) is 0 Å². The molecular formula is C12H6F2N2O4. The smallest absolute Gasteiger partial charge is 0.258 e. The predicted molar refractivity (Wildman–Crippen MR) is 65.1 cm³/mol. The van der Waals surface area contributed by atoms with Crippen molar-refractivity contribution in [3.05, 3.63) is 68.3 Å². The zero-order valence-corrected chi connectivity index (χ0v) is 9.75. The standard InChI is InChI=1S/C12H6F2N2O4/c13-8-1-2-12(14)11(5-8)7-3-9(15(17)18)6-10(4-7)16(19)20/h1-6H. The van der Waals surface area contributed by atoms with Gasteiger partial charge in [-0.1, -0.05) is 0 Å². The fraction of sp³-hybridized carbons (Fsp3) is 0. The second-order valence-corrected chi connectivity index (χ2v) is 3.88. The quantitative estimate of drug-likeness (QED) is 0.636. The van der Waals surface area contributed by atoms with Crippen molar-refractivity contribution in [1.82, 2.24) is 0 Å². The fourth-order valence-electron chi connectivity index (χ4n) is 1.68. The molecule has 0 N–H and O–H groups in total. The van der Waals surface area contributed by atoms with Crippen LogP contribution in [0.15, 0.2) is 36.4 Å². The van der Waals surface area contributed by atoms with Crippen LogP contribution in [0, 0.1) is 31.9 Å². The second-order valence-electron chi connectivity index (χ2n) is 3.88. The molecule has 0 amide bonds. The Kier molecular flexibility index (Phi) is 3.38. The highest BCUT2D eigenvalue weighted by atomic mass is 19.1. The van der Waals surface area contributed by atoms with E-state index in [0.717, 1.165) is 36.4 Å². The van der Waals surface area contributed by atoms with Gasteiger partial charge in [0, 0.05) is 17.7 Å². The van der Waals surface area contributed by atoms with Crippen molar-refractivity contribution in [3.8, 4) is 11.1 Å². The number of nitro groups is 2. The third-order valence-electron chi connectivity index (χ3n) is 2.56. The van der Waals surface area contributed by atoms with E-state index < -0.39 is 32.9 Å². The molecule has 0 spiro atoms. The average molecular weight is 280 g/mol. The monoisotopic (exact) mass is 280 g/mol. The summed E-state index contributed by atoms with van der Waals surface area (Å²) in [6.07, 6.45) is 0. The number of non-ortho nitro benzene ring substituents is 2. The van der Waals surface area contributed by atoms with Crippen molar-refractivity contribution in [2.24, 2.45) is 0 Å². The number of nitrogens with zero attached hydrogens (tertiary/aromatic N) is 2. The van der Waals surface area contributed by atoms with E-state index >= 15 is 0 Å². The Hall–Kier alpha value is -2.90. The fourth-order valence-corrected chi connectivity index (χ4v) is 1.68. The van der Waals surface area contributed by atoms with Gasteiger partial charge in [0.15, 0.2) is 0 Å². The normalized spacial score (nSPS) is 10.3. The molecule has 0 saturated carbocycles. The van der Waals surface area contributed by atoms with Gasteiger partial charge in [-0.05, 0) is 23.8 Å². The van der Waals surface area contributed by atoms with Gasteiger partial charge in [0.05, 0.1) is 15.9 Å². The van der Waals surface area contributed by atoms with Gasteiger partial charge in [-0.25, -0.2) is 8.78 Å². The summed E-state index contributed by atoms with van der Waals surface area (Å²) >= 11 is 0. The van der Waals surface area contributed by atoms with Crippen LogP contribution < -0.4 is 0 Å². The molecule has 0 aliphatic heterocycles. The van der Waals surface area contributed by atoms with Crippen LogP contribution in [-0.2, 0) is 0 Å². The molecule has 0 bridgehead atoms. The van der Waals surface area contributed by atoms with Crippen molar-refractivity contribution in [2.75, 3.05) is 0 Å². The lowest BCUT2D eigenvalue weighted by atomic mass is 10.0. The summed E-state index contributed by atoms with van der Waals surface area (Å²) in [6.45, 7) is 0. The molecule has 0 aliphatic carbocycles. The minimum absolute atomic E-state index is 0.136. The first kappa shape index (κ1) is 13.5. The highest BCUT2D eigenvalue weighted by Crippen LogP contribution is 2.31. The molecule has 2 rings (SSSR count). The van der Waals surface area contributed by atoms with Crippen molar-refractivity contribution >= 4 is 11.4 Å². The van der Waals surface area contributed by atoms with Gasteiger partial charge < -0.3 is 0 Å². The van der Waals surface area contributed by atoms with Crippen molar-refractivity contribution in [1.29, 1.82) is 0 Å². The van der Waals surface area contributed by atoms with Crippen LogP contribution in [-0.4, -0.2) is 9.85 Å². The van der Waals surface area contributed by atoms with E-state index in [9.17, 15) is 29.0 Å². The van der Waals surface area contributed by atoms with Crippen LogP contribution in [0.2, 0.25) is 0 Å². The van der Waals surface area contributed by atoms with Gasteiger partial charge in [-0.3, -0.25) is 20.2 Å². The number of hydrogen-bond donors (Lipinski definition) is 0. The second kappa shape index (κ2) is 5.00. The van der Waals surface area contributed by atoms with Crippen molar-refractivity contribution in [3.63, 3.8) is 0 Å². The van der Waals surface area contributed by atoms with Crippen LogP contribution in [0.5, 0.6) is 0 Å². The van der Waals surface area contributed by atoms with Gasteiger partial charge in [0.2, 0.25) is 0 Å². The van der Waals surface area contributed by atoms with Gasteiger partial charge in [0.1, 0.15) is 11.6 Å². The maximum Gasteiger partial charge on any atom is 0.276 e. The lowest BCUT2D eigenvalue weighted by Crippen LogP contribution is -1.95. The first-order valence-corrected chi connectivity index (χ1v) is 5.28. The molecule has 8 heteroatoms. The minimum Gasteiger partial charge on any atom is -0.258 e. The van der Waals surface area contributed by atoms with Crippen LogP contribution in [0.25, 0.3) is 11.1 Å². The third kappa shape index (κ3) is 2.58. The van der Waals surface area contributed by atoms with Crippen LogP contribution >= 0.6 is 0 Å². The lowest BCUT2D eigenvalue weighted by molar-refractivity contribution is -0.394. The SMILES string of the molecule is O=[N+]([O-])c1cc(-c2cc(F)ccc2F)cc([N+](=O)[O-])c1. The first-order chi connectivity index (χ1) is 9.38. The zero-order valence-electron chi connectivity index (χ0n) is 9.75. The molecule has 0 aliphatic rings. The molecular weight excluding hydrogens is 274 g/mol. The van der Waals surface area contributed by atoms with Crippen molar-refractivity contribution in [2.45, 2.75) is 0 Å². The number of nitro benzene ring substituents is 2. The molecule has 102 valence electrons. The molecule has 0 aromatic heterocycles. The first-order valence-electron chi connectivity index (χ1n) is 5.28. The molecule has 6 nitrogen and oxygen atoms in total. The summed E-state index contributed by atoms with van der Waals surface area (Å²) in [5, 5.41) is 21.5. The zero-order chi connectivity index (χ0) is 14.9. The Balaban J connectivity index is 2.69. The van der Waals surface area contributed by atoms with Gasteiger partial charge in [-0.15, -0.1) is 0 Å². The predicted octanol–water partition coefficient (Wildman–Crippen LogP) is 3.45. The van der Waals surface area contributed by atoms with E-state index in [-0.39, 0.29) is 11.1 Å². The highest BCUT2D eigenvalue weighted by molar-refractivity contribution is 5.70. The van der Waals surface area contributed by atoms with E-state index in [4.69, 9.17) is 0 Å². The van der Waals surface area contributed by atoms with E-state index in [1.807, 2.05) is 0 Å². The van der Waals surface area contributed by atoms with E-state index in [0.29, 0.717) is 0 Å². The Morgan fingerprint density at radius 1 is 0.850 bits per heavy atom. The van der Waals surface area contributed by atoms with E-state index in [1.165, 1.54) is 0 Å². The largest absolute Gasteiger partial charge is 0.276 e. The molecule has 2 aromatic carbocycles. The van der Waals surface area contributed by atoms with Crippen molar-refractivity contribution < 1.29 is 18.6 Å². The maximum absolute atomic E-state index is 13.6. The topological polar surface area (TPSA) is 86.3 Å². The van der Waals surface area contributed by atoms with E-state index in [2.05, 4.69) is 0 Å². The summed E-state index contributed by atoms with van der Waals surface area (Å²) in [5.74, 6) is -1.59. The number of hydrogen-bond acceptors (Lipinski definition) is 4. The highest BCUT2D eigenvalue weighted by Gasteiger charge is 2.19. The summed E-state index contributed by atoms with van der Waals surface area (Å²) in [7, 11) is 0. The molecule has 2 aromatic rings. The molecule has 0 unspecified atom stereocenters. The molecule has 0 heterocycles. The number of halogens is 2. The maximum atomic E-state index is 13.6. The van der Waals surface area contributed by atoms with Gasteiger partial charge >= 0.3 is 0 Å². The molecule has 0 atom stereocenters. The summed E-state index contributed by atoms with van der Waals surface area (Å²) in [5.41, 5.74) is -1.56. The van der Waals surface area contributed by atoms with Crippen LogP contribution in [0.4, 0.5) is 20.2 Å². The van der Waals surface area contributed by atoms with E-state index in [1.54, 1.807) is 0 Å². The summed E-state index contributed by atoms with van der Waals surface area (Å²) < 4.78 is 26.7. The Morgan fingerprint density at radius 2 is 1.40 bits per heavy atom. The molecule has 0 radical (unpaired) electrons. The summed E-state index contributed by atoms with van der Waals surface area (Å²) in [6, 6.07) is 5.19. The third-order valence-corrected chi connectivity index (χ3v) is 2.56. The van der Waals surface area contributed by atoms with Crippen LogP contribution in [0.3, 0.4) is 0 Å². The number of benzene rings is 2. The lowest BCUT2D eigenvalue weighted by Gasteiger charge is -2.04. The van der Waals surface area contributed by atoms with Gasteiger partial charge in [-0.2, -0.15) is 0 Å². The molecule has 20 heavy (non-hydrogen) atoms. The van der Waals surface area contributed by atoms with Gasteiger partial charge in [0.25, 0.3) is 11.4 Å². The minimum atomic E-state index is -0.840. The summed E-state index contributed by atoms with van der Waals surface area (Å²) in [4.78, 5) is 19.8. The Morgan fingerprint density at radius 3 is 1.90 bits per heavy atom. The number of rotatable bonds is 3.